The van der Waals surface area contributed by atoms with Crippen molar-refractivity contribution >= 4 is 29.0 Å². The molecule has 1 atom stereocenters. The molecule has 2 amide bonds. The molecule has 6 nitrogen and oxygen atoms in total. The minimum atomic E-state index is -0.768. The number of ether oxygens (including phenoxy) is 2. The molecule has 1 fully saturated rings. The van der Waals surface area contributed by atoms with Gasteiger partial charge in [-0.15, -0.1) is 0 Å². The molecule has 27 heavy (non-hydrogen) atoms. The van der Waals surface area contributed by atoms with Gasteiger partial charge >= 0.3 is 0 Å². The maximum atomic E-state index is 11.5. The van der Waals surface area contributed by atoms with Gasteiger partial charge in [-0.1, -0.05) is 30.3 Å². The first-order valence-electron chi connectivity index (χ1n) is 8.35. The minimum absolute atomic E-state index is 0.0963. The summed E-state index contributed by atoms with van der Waals surface area (Å²) < 4.78 is 11.2. The van der Waals surface area contributed by atoms with Crippen LogP contribution in [-0.2, 0) is 4.79 Å². The first-order chi connectivity index (χ1) is 13.0. The van der Waals surface area contributed by atoms with Crippen LogP contribution >= 0.6 is 11.8 Å². The van der Waals surface area contributed by atoms with Crippen molar-refractivity contribution in [2.75, 3.05) is 13.2 Å². The van der Waals surface area contributed by atoms with Crippen molar-refractivity contribution in [1.29, 1.82) is 0 Å². The van der Waals surface area contributed by atoms with E-state index in [0.717, 1.165) is 28.6 Å². The minimum Gasteiger partial charge on any atom is -0.491 e. The van der Waals surface area contributed by atoms with E-state index in [2.05, 4.69) is 5.32 Å². The Morgan fingerprint density at radius 3 is 2.44 bits per heavy atom. The summed E-state index contributed by atoms with van der Waals surface area (Å²) in [7, 11) is 0. The molecule has 2 aromatic carbocycles. The Morgan fingerprint density at radius 1 is 1.07 bits per heavy atom. The van der Waals surface area contributed by atoms with E-state index in [1.54, 1.807) is 30.3 Å². The summed E-state index contributed by atoms with van der Waals surface area (Å²) in [4.78, 5) is 23.0. The molecule has 140 valence electrons. The van der Waals surface area contributed by atoms with Gasteiger partial charge in [0.2, 0.25) is 0 Å². The Morgan fingerprint density at radius 2 is 1.78 bits per heavy atom. The van der Waals surface area contributed by atoms with Gasteiger partial charge in [0.15, 0.2) is 0 Å². The summed E-state index contributed by atoms with van der Waals surface area (Å²) >= 11 is 0.875. The number of benzene rings is 2. The lowest BCUT2D eigenvalue weighted by molar-refractivity contribution is -0.115. The third-order valence-corrected chi connectivity index (χ3v) is 4.60. The summed E-state index contributed by atoms with van der Waals surface area (Å²) in [6.45, 7) is 2.17. The molecule has 2 N–H and O–H groups in total. The number of imide groups is 1. The summed E-state index contributed by atoms with van der Waals surface area (Å²) in [5.41, 5.74) is 1.78. The van der Waals surface area contributed by atoms with Crippen molar-refractivity contribution in [2.24, 2.45) is 0 Å². The number of para-hydroxylation sites is 1. The van der Waals surface area contributed by atoms with E-state index in [9.17, 15) is 14.7 Å². The van der Waals surface area contributed by atoms with Crippen LogP contribution in [0.15, 0.2) is 53.4 Å². The van der Waals surface area contributed by atoms with Gasteiger partial charge < -0.3 is 14.6 Å². The fraction of sp³-hybridized carbons (Fsp3) is 0.200. The van der Waals surface area contributed by atoms with Gasteiger partial charge in [0.1, 0.15) is 30.8 Å². The second-order valence-electron chi connectivity index (χ2n) is 5.96. The van der Waals surface area contributed by atoms with E-state index < -0.39 is 6.10 Å². The zero-order valence-corrected chi connectivity index (χ0v) is 15.5. The van der Waals surface area contributed by atoms with Crippen molar-refractivity contribution in [3.63, 3.8) is 0 Å². The molecule has 3 rings (SSSR count). The Labute approximate surface area is 161 Å². The van der Waals surface area contributed by atoms with E-state index in [-0.39, 0.29) is 24.4 Å². The number of aliphatic hydroxyl groups excluding tert-OH is 1. The van der Waals surface area contributed by atoms with Crippen LogP contribution in [0.2, 0.25) is 0 Å². The monoisotopic (exact) mass is 385 g/mol. The summed E-state index contributed by atoms with van der Waals surface area (Å²) in [6.07, 6.45) is 0.871. The van der Waals surface area contributed by atoms with Crippen LogP contribution in [-0.4, -0.2) is 35.6 Å². The number of carbonyl (C=O) groups is 2. The summed E-state index contributed by atoms with van der Waals surface area (Å²) in [6, 6.07) is 14.6. The second-order valence-corrected chi connectivity index (χ2v) is 6.98. The number of thioether (sulfide) groups is 1. The van der Waals surface area contributed by atoms with Gasteiger partial charge in [-0.3, -0.25) is 14.9 Å². The Bertz CT molecular complexity index is 863. The van der Waals surface area contributed by atoms with Crippen LogP contribution in [0, 0.1) is 6.92 Å². The van der Waals surface area contributed by atoms with Gasteiger partial charge in [-0.05, 0) is 54.1 Å². The number of amides is 2. The highest BCUT2D eigenvalue weighted by atomic mass is 32.2. The van der Waals surface area contributed by atoms with Gasteiger partial charge in [0.05, 0.1) is 4.91 Å². The SMILES string of the molecule is Cc1ccccc1OC[C@@H](O)COc1ccc(/C=C2\SC(=O)NC2=O)cc1. The number of aryl methyl sites for hydroxylation is 1. The number of nitrogens with one attached hydrogen (secondary N) is 1. The molecule has 0 radical (unpaired) electrons. The van der Waals surface area contributed by atoms with Crippen LogP contribution in [0.25, 0.3) is 6.08 Å². The van der Waals surface area contributed by atoms with Crippen LogP contribution in [0.1, 0.15) is 11.1 Å². The Kier molecular flexibility index (Phi) is 6.16. The van der Waals surface area contributed by atoms with E-state index in [4.69, 9.17) is 9.47 Å². The fourth-order valence-corrected chi connectivity index (χ4v) is 3.06. The van der Waals surface area contributed by atoms with E-state index in [1.807, 2.05) is 31.2 Å². The fourth-order valence-electron chi connectivity index (χ4n) is 2.38. The number of hydrogen-bond donors (Lipinski definition) is 2. The smallest absolute Gasteiger partial charge is 0.290 e. The number of hydrogen-bond acceptors (Lipinski definition) is 6. The van der Waals surface area contributed by atoms with Crippen LogP contribution in [0.4, 0.5) is 4.79 Å². The Hall–Kier alpha value is -2.77. The molecule has 2 aromatic rings. The highest BCUT2D eigenvalue weighted by molar-refractivity contribution is 8.18. The number of rotatable bonds is 7. The molecule has 0 bridgehead atoms. The van der Waals surface area contributed by atoms with Crippen LogP contribution < -0.4 is 14.8 Å². The third-order valence-electron chi connectivity index (χ3n) is 3.79. The molecule has 0 spiro atoms. The molecule has 0 saturated carbocycles. The van der Waals surface area contributed by atoms with Crippen molar-refractivity contribution in [2.45, 2.75) is 13.0 Å². The highest BCUT2D eigenvalue weighted by Gasteiger charge is 2.24. The Balaban J connectivity index is 1.48. The average molecular weight is 385 g/mol. The maximum Gasteiger partial charge on any atom is 0.290 e. The largest absolute Gasteiger partial charge is 0.491 e. The van der Waals surface area contributed by atoms with Gasteiger partial charge in [-0.25, -0.2) is 0 Å². The predicted molar refractivity (Wildman–Crippen MR) is 104 cm³/mol. The predicted octanol–water partition coefficient (Wildman–Crippen LogP) is 3.14. The molecule has 0 unspecified atom stereocenters. The lowest BCUT2D eigenvalue weighted by atomic mass is 10.2. The van der Waals surface area contributed by atoms with Crippen molar-refractivity contribution in [3.05, 3.63) is 64.6 Å². The number of carbonyl (C=O) groups excluding carboxylic acids is 2. The molecule has 1 heterocycles. The van der Waals surface area contributed by atoms with Crippen molar-refractivity contribution in [3.8, 4) is 11.5 Å². The molecule has 0 aromatic heterocycles. The lowest BCUT2D eigenvalue weighted by Crippen LogP contribution is -2.25. The molecule has 0 aliphatic carbocycles. The molecule has 1 aliphatic rings. The molecular formula is C20H19NO5S. The van der Waals surface area contributed by atoms with E-state index in [1.165, 1.54) is 0 Å². The lowest BCUT2D eigenvalue weighted by Gasteiger charge is -2.14. The highest BCUT2D eigenvalue weighted by Crippen LogP contribution is 2.26. The quantitative estimate of drug-likeness (QED) is 0.713. The zero-order chi connectivity index (χ0) is 19.2. The van der Waals surface area contributed by atoms with Crippen molar-refractivity contribution < 1.29 is 24.2 Å². The number of aliphatic hydroxyl groups is 1. The first kappa shape index (κ1) is 19.0. The van der Waals surface area contributed by atoms with E-state index >= 15 is 0 Å². The van der Waals surface area contributed by atoms with Crippen LogP contribution in [0.3, 0.4) is 0 Å². The normalized spacial score (nSPS) is 16.3. The second kappa shape index (κ2) is 8.75. The van der Waals surface area contributed by atoms with E-state index in [0.29, 0.717) is 10.7 Å². The maximum absolute atomic E-state index is 11.5. The third kappa shape index (κ3) is 5.35. The molecule has 1 aliphatic heterocycles. The topological polar surface area (TPSA) is 84.9 Å². The first-order valence-corrected chi connectivity index (χ1v) is 9.17. The van der Waals surface area contributed by atoms with Gasteiger partial charge in [0.25, 0.3) is 11.1 Å². The van der Waals surface area contributed by atoms with Crippen molar-refractivity contribution in [1.82, 2.24) is 5.32 Å². The molecule has 1 saturated heterocycles. The van der Waals surface area contributed by atoms with Gasteiger partial charge in [0, 0.05) is 0 Å². The zero-order valence-electron chi connectivity index (χ0n) is 14.7. The summed E-state index contributed by atoms with van der Waals surface area (Å²) in [5, 5.41) is 11.9. The average Bonchev–Trinajstić information content (AvgIpc) is 2.97. The van der Waals surface area contributed by atoms with Crippen LogP contribution in [0.5, 0.6) is 11.5 Å². The molecule has 7 heteroatoms. The van der Waals surface area contributed by atoms with Gasteiger partial charge in [-0.2, -0.15) is 0 Å². The molecular weight excluding hydrogens is 366 g/mol. The summed E-state index contributed by atoms with van der Waals surface area (Å²) in [5.74, 6) is 0.940. The standard InChI is InChI=1S/C20H19NO5S/c1-13-4-2-3-5-17(13)26-12-15(22)11-25-16-8-6-14(7-9-16)10-18-19(23)21-20(24)27-18/h2-10,15,22H,11-12H2,1H3,(H,21,23,24)/b18-10-/t15-/m0/s1.